The van der Waals surface area contributed by atoms with Crippen molar-refractivity contribution in [1.29, 1.82) is 0 Å². The van der Waals surface area contributed by atoms with Crippen molar-refractivity contribution in [2.75, 3.05) is 31.2 Å². The van der Waals surface area contributed by atoms with E-state index in [0.717, 1.165) is 6.26 Å². The van der Waals surface area contributed by atoms with E-state index in [1.54, 1.807) is 0 Å². The predicted molar refractivity (Wildman–Crippen MR) is 81.1 cm³/mol. The summed E-state index contributed by atoms with van der Waals surface area (Å²) in [7, 11) is -6.87. The summed E-state index contributed by atoms with van der Waals surface area (Å²) in [5, 5.41) is 2.93. The van der Waals surface area contributed by atoms with Crippen molar-refractivity contribution in [2.45, 2.75) is 18.2 Å². The molecule has 0 aromatic carbocycles. The number of nitrogens with one attached hydrogen (secondary N) is 3. The molecule has 8 nitrogen and oxygen atoms in total. The summed E-state index contributed by atoms with van der Waals surface area (Å²) in [6, 6.07) is 2.85. The first kappa shape index (κ1) is 17.8. The lowest BCUT2D eigenvalue weighted by Crippen LogP contribution is -2.29. The first-order valence-corrected chi connectivity index (χ1v) is 9.76. The lowest BCUT2D eigenvalue weighted by Gasteiger charge is -2.08. The summed E-state index contributed by atoms with van der Waals surface area (Å²) in [6.07, 6.45) is 2.83. The molecule has 21 heavy (non-hydrogen) atoms. The maximum atomic E-state index is 12.0. The minimum atomic E-state index is -3.62. The van der Waals surface area contributed by atoms with Crippen LogP contribution in [0.4, 0.5) is 5.82 Å². The third kappa shape index (κ3) is 6.85. The maximum Gasteiger partial charge on any atom is 0.240 e. The highest BCUT2D eigenvalue weighted by Gasteiger charge is 2.14. The molecule has 0 spiro atoms. The summed E-state index contributed by atoms with van der Waals surface area (Å²) in [5.74, 6) is 0.485. The third-order valence-corrected chi connectivity index (χ3v) is 4.60. The molecule has 0 unspecified atom stereocenters. The van der Waals surface area contributed by atoms with Crippen LogP contribution in [0, 0.1) is 0 Å². The summed E-state index contributed by atoms with van der Waals surface area (Å²) < 4.78 is 50.5. The van der Waals surface area contributed by atoms with Gasteiger partial charge in [0.1, 0.15) is 5.82 Å². The number of anilines is 1. The molecule has 0 aliphatic rings. The SMILES string of the molecule is CCNc1cc(S(=O)(=O)NCCCNS(C)(=O)=O)ccn1. The Morgan fingerprint density at radius 1 is 1.14 bits per heavy atom. The molecule has 10 heteroatoms. The van der Waals surface area contributed by atoms with E-state index in [1.165, 1.54) is 18.3 Å². The average Bonchev–Trinajstić information content (AvgIpc) is 2.37. The fourth-order valence-electron chi connectivity index (χ4n) is 1.49. The van der Waals surface area contributed by atoms with Crippen molar-refractivity contribution in [3.8, 4) is 0 Å². The molecule has 3 N–H and O–H groups in total. The maximum absolute atomic E-state index is 12.0. The second-order valence-corrected chi connectivity index (χ2v) is 7.92. The highest BCUT2D eigenvalue weighted by molar-refractivity contribution is 7.89. The fraction of sp³-hybridized carbons (Fsp3) is 0.545. The Balaban J connectivity index is 2.55. The van der Waals surface area contributed by atoms with E-state index >= 15 is 0 Å². The van der Waals surface area contributed by atoms with Gasteiger partial charge in [0.2, 0.25) is 20.0 Å². The molecule has 0 saturated heterocycles. The van der Waals surface area contributed by atoms with Crippen LogP contribution in [0.3, 0.4) is 0 Å². The topological polar surface area (TPSA) is 117 Å². The van der Waals surface area contributed by atoms with Gasteiger partial charge in [-0.15, -0.1) is 0 Å². The lowest BCUT2D eigenvalue weighted by atomic mass is 10.4. The van der Waals surface area contributed by atoms with Gasteiger partial charge in [0.25, 0.3) is 0 Å². The summed E-state index contributed by atoms with van der Waals surface area (Å²) in [6.45, 7) is 2.85. The molecule has 0 fully saturated rings. The van der Waals surface area contributed by atoms with E-state index in [-0.39, 0.29) is 18.0 Å². The van der Waals surface area contributed by atoms with Crippen LogP contribution in [-0.4, -0.2) is 47.7 Å². The third-order valence-electron chi connectivity index (χ3n) is 2.41. The van der Waals surface area contributed by atoms with Gasteiger partial charge in [-0.1, -0.05) is 0 Å². The molecule has 0 saturated carbocycles. The van der Waals surface area contributed by atoms with Crippen LogP contribution in [0.25, 0.3) is 0 Å². The molecule has 120 valence electrons. The molecule has 1 heterocycles. The monoisotopic (exact) mass is 336 g/mol. The van der Waals surface area contributed by atoms with Gasteiger partial charge in [-0.05, 0) is 19.4 Å². The average molecular weight is 336 g/mol. The van der Waals surface area contributed by atoms with Crippen molar-refractivity contribution in [3.05, 3.63) is 18.3 Å². The van der Waals surface area contributed by atoms with Crippen molar-refractivity contribution in [2.24, 2.45) is 0 Å². The molecular weight excluding hydrogens is 316 g/mol. The fourth-order valence-corrected chi connectivity index (χ4v) is 3.09. The summed E-state index contributed by atoms with van der Waals surface area (Å²) in [5.41, 5.74) is 0. The number of pyridine rings is 1. The Morgan fingerprint density at radius 3 is 2.43 bits per heavy atom. The van der Waals surface area contributed by atoms with Gasteiger partial charge < -0.3 is 5.32 Å². The molecule has 0 bridgehead atoms. The molecule has 0 atom stereocenters. The van der Waals surface area contributed by atoms with Gasteiger partial charge in [-0.2, -0.15) is 0 Å². The minimum Gasteiger partial charge on any atom is -0.370 e. The highest BCUT2D eigenvalue weighted by atomic mass is 32.2. The lowest BCUT2D eigenvalue weighted by molar-refractivity contribution is 0.575. The summed E-state index contributed by atoms with van der Waals surface area (Å²) >= 11 is 0. The van der Waals surface area contributed by atoms with Crippen LogP contribution in [0.15, 0.2) is 23.2 Å². The van der Waals surface area contributed by atoms with Crippen molar-refractivity contribution < 1.29 is 16.8 Å². The van der Waals surface area contributed by atoms with E-state index in [9.17, 15) is 16.8 Å². The molecule has 0 amide bonds. The van der Waals surface area contributed by atoms with E-state index < -0.39 is 20.0 Å². The van der Waals surface area contributed by atoms with Crippen LogP contribution in [-0.2, 0) is 20.0 Å². The van der Waals surface area contributed by atoms with Gasteiger partial charge in [0.15, 0.2) is 0 Å². The van der Waals surface area contributed by atoms with E-state index in [0.29, 0.717) is 18.8 Å². The van der Waals surface area contributed by atoms with Gasteiger partial charge in [-0.25, -0.2) is 31.3 Å². The second-order valence-electron chi connectivity index (χ2n) is 4.32. The van der Waals surface area contributed by atoms with Crippen LogP contribution < -0.4 is 14.8 Å². The zero-order valence-corrected chi connectivity index (χ0v) is 13.6. The van der Waals surface area contributed by atoms with Gasteiger partial charge >= 0.3 is 0 Å². The quantitative estimate of drug-likeness (QED) is 0.535. The Hall–Kier alpha value is -1.23. The van der Waals surface area contributed by atoms with Gasteiger partial charge in [-0.3, -0.25) is 0 Å². The van der Waals surface area contributed by atoms with Crippen LogP contribution in [0.1, 0.15) is 13.3 Å². The molecule has 1 rings (SSSR count). The number of nitrogens with zero attached hydrogens (tertiary/aromatic N) is 1. The largest absolute Gasteiger partial charge is 0.370 e. The number of aromatic nitrogens is 1. The first-order chi connectivity index (χ1) is 9.74. The van der Waals surface area contributed by atoms with Gasteiger partial charge in [0, 0.05) is 31.9 Å². The number of sulfonamides is 2. The van der Waals surface area contributed by atoms with Crippen molar-refractivity contribution in [1.82, 2.24) is 14.4 Å². The Labute approximate surface area is 125 Å². The van der Waals surface area contributed by atoms with Crippen molar-refractivity contribution in [3.63, 3.8) is 0 Å². The second kappa shape index (κ2) is 7.69. The number of hydrogen-bond donors (Lipinski definition) is 3. The number of hydrogen-bond acceptors (Lipinski definition) is 6. The highest BCUT2D eigenvalue weighted by Crippen LogP contribution is 2.12. The van der Waals surface area contributed by atoms with E-state index in [1.807, 2.05) is 6.92 Å². The van der Waals surface area contributed by atoms with Crippen LogP contribution in [0.2, 0.25) is 0 Å². The Kier molecular flexibility index (Phi) is 6.52. The normalized spacial score (nSPS) is 12.3. The smallest absolute Gasteiger partial charge is 0.240 e. The van der Waals surface area contributed by atoms with E-state index in [2.05, 4.69) is 19.7 Å². The molecule has 1 aromatic heterocycles. The molecule has 0 aliphatic carbocycles. The first-order valence-electron chi connectivity index (χ1n) is 6.39. The number of rotatable bonds is 9. The standard InChI is InChI=1S/C11H20N4O4S2/c1-3-12-11-9-10(5-8-13-11)21(18,19)15-7-4-6-14-20(2,16)17/h5,8-9,14-15H,3-4,6-7H2,1-2H3,(H,12,13). The van der Waals surface area contributed by atoms with Crippen LogP contribution >= 0.6 is 0 Å². The van der Waals surface area contributed by atoms with E-state index in [4.69, 9.17) is 0 Å². The Morgan fingerprint density at radius 2 is 1.81 bits per heavy atom. The van der Waals surface area contributed by atoms with Crippen LogP contribution in [0.5, 0.6) is 0 Å². The Bertz CT molecular complexity index is 659. The molecule has 0 radical (unpaired) electrons. The molecule has 1 aromatic rings. The molecule has 0 aliphatic heterocycles. The molecular formula is C11H20N4O4S2. The van der Waals surface area contributed by atoms with Gasteiger partial charge in [0.05, 0.1) is 11.2 Å². The minimum absolute atomic E-state index is 0.115. The zero-order chi connectivity index (χ0) is 15.9. The zero-order valence-electron chi connectivity index (χ0n) is 12.0. The predicted octanol–water partition coefficient (Wildman–Crippen LogP) is -0.269. The van der Waals surface area contributed by atoms with Crippen molar-refractivity contribution >= 4 is 25.9 Å². The summed E-state index contributed by atoms with van der Waals surface area (Å²) in [4.78, 5) is 4.11.